The van der Waals surface area contributed by atoms with Crippen LogP contribution in [0.3, 0.4) is 0 Å². The molecule has 0 atom stereocenters. The SMILES string of the molecule is Nc1cc(Cl)cc(Cl)c1NC(=O)c1ccoc1. The average molecular weight is 271 g/mol. The van der Waals surface area contributed by atoms with Crippen molar-refractivity contribution < 1.29 is 9.21 Å². The van der Waals surface area contributed by atoms with E-state index in [0.717, 1.165) is 0 Å². The summed E-state index contributed by atoms with van der Waals surface area (Å²) in [5.41, 5.74) is 6.74. The van der Waals surface area contributed by atoms with Crippen LogP contribution in [0, 0.1) is 0 Å². The number of nitrogen functional groups attached to an aromatic ring is 1. The van der Waals surface area contributed by atoms with Gasteiger partial charge in [-0.3, -0.25) is 4.79 Å². The molecule has 17 heavy (non-hydrogen) atoms. The molecule has 3 N–H and O–H groups in total. The highest BCUT2D eigenvalue weighted by molar-refractivity contribution is 6.37. The molecule has 0 radical (unpaired) electrons. The second-order valence-corrected chi connectivity index (χ2v) is 4.16. The summed E-state index contributed by atoms with van der Waals surface area (Å²) in [5, 5.41) is 3.29. The van der Waals surface area contributed by atoms with Crippen LogP contribution in [0.15, 0.2) is 35.1 Å². The van der Waals surface area contributed by atoms with Gasteiger partial charge in [-0.2, -0.15) is 0 Å². The zero-order valence-electron chi connectivity index (χ0n) is 8.54. The first-order chi connectivity index (χ1) is 8.08. The third-order valence-electron chi connectivity index (χ3n) is 2.11. The Labute approximate surface area is 107 Å². The molecular formula is C11H8Cl2N2O2. The van der Waals surface area contributed by atoms with E-state index in [2.05, 4.69) is 5.32 Å². The molecule has 0 aliphatic carbocycles. The Bertz CT molecular complexity index is 530. The van der Waals surface area contributed by atoms with Gasteiger partial charge in [0.2, 0.25) is 0 Å². The molecule has 1 heterocycles. The zero-order chi connectivity index (χ0) is 12.4. The van der Waals surface area contributed by atoms with Crippen LogP contribution in [0.5, 0.6) is 0 Å². The van der Waals surface area contributed by atoms with Crippen molar-refractivity contribution in [1.29, 1.82) is 0 Å². The fourth-order valence-electron chi connectivity index (χ4n) is 1.30. The molecule has 2 aromatic rings. The lowest BCUT2D eigenvalue weighted by atomic mass is 10.2. The third kappa shape index (κ3) is 2.54. The van der Waals surface area contributed by atoms with E-state index in [0.29, 0.717) is 22.0 Å². The van der Waals surface area contributed by atoms with Crippen LogP contribution in [-0.4, -0.2) is 5.91 Å². The van der Waals surface area contributed by atoms with Crippen LogP contribution in [0.25, 0.3) is 0 Å². The first-order valence-corrected chi connectivity index (χ1v) is 5.41. The molecule has 6 heteroatoms. The second-order valence-electron chi connectivity index (χ2n) is 3.32. The molecule has 1 aromatic heterocycles. The molecular weight excluding hydrogens is 263 g/mol. The summed E-state index contributed by atoms with van der Waals surface area (Å²) in [7, 11) is 0. The second kappa shape index (κ2) is 4.69. The number of hydrogen-bond acceptors (Lipinski definition) is 3. The number of hydrogen-bond donors (Lipinski definition) is 2. The van der Waals surface area contributed by atoms with E-state index in [-0.39, 0.29) is 10.9 Å². The van der Waals surface area contributed by atoms with Crippen molar-refractivity contribution in [3.63, 3.8) is 0 Å². The first-order valence-electron chi connectivity index (χ1n) is 4.66. The number of anilines is 2. The van der Waals surface area contributed by atoms with E-state index in [4.69, 9.17) is 33.4 Å². The molecule has 88 valence electrons. The van der Waals surface area contributed by atoms with Crippen molar-refractivity contribution >= 4 is 40.5 Å². The largest absolute Gasteiger partial charge is 0.472 e. The molecule has 0 bridgehead atoms. The highest BCUT2D eigenvalue weighted by Gasteiger charge is 2.12. The lowest BCUT2D eigenvalue weighted by Crippen LogP contribution is -2.12. The lowest BCUT2D eigenvalue weighted by Gasteiger charge is -2.09. The number of benzene rings is 1. The minimum Gasteiger partial charge on any atom is -0.472 e. The summed E-state index contributed by atoms with van der Waals surface area (Å²) in [6.07, 6.45) is 2.73. The maximum absolute atomic E-state index is 11.7. The van der Waals surface area contributed by atoms with Crippen LogP contribution in [-0.2, 0) is 0 Å². The Hall–Kier alpha value is -1.65. The van der Waals surface area contributed by atoms with Gasteiger partial charge < -0.3 is 15.5 Å². The summed E-state index contributed by atoms with van der Waals surface area (Å²) in [6, 6.07) is 4.55. The molecule has 0 saturated carbocycles. The maximum atomic E-state index is 11.7. The number of furan rings is 1. The topological polar surface area (TPSA) is 68.3 Å². The standard InChI is InChI=1S/C11H8Cl2N2O2/c12-7-3-8(13)10(9(14)4-7)15-11(16)6-1-2-17-5-6/h1-5H,14H2,(H,15,16). The Morgan fingerprint density at radius 2 is 2.12 bits per heavy atom. The molecule has 0 saturated heterocycles. The molecule has 1 amide bonds. The molecule has 0 spiro atoms. The van der Waals surface area contributed by atoms with Crippen molar-refractivity contribution in [3.8, 4) is 0 Å². The number of nitrogens with two attached hydrogens (primary N) is 1. The monoisotopic (exact) mass is 270 g/mol. The summed E-state index contributed by atoms with van der Waals surface area (Å²) in [5.74, 6) is -0.352. The van der Waals surface area contributed by atoms with Crippen LogP contribution < -0.4 is 11.1 Å². The number of rotatable bonds is 2. The minimum absolute atomic E-state index is 0.284. The first kappa shape index (κ1) is 11.8. The molecule has 1 aromatic carbocycles. The predicted octanol–water partition coefficient (Wildman–Crippen LogP) is 3.42. The molecule has 0 unspecified atom stereocenters. The molecule has 0 aliphatic rings. The van der Waals surface area contributed by atoms with Gasteiger partial charge >= 0.3 is 0 Å². The van der Waals surface area contributed by atoms with Gasteiger partial charge in [0.05, 0.1) is 28.2 Å². The Kier molecular flexibility index (Phi) is 3.26. The van der Waals surface area contributed by atoms with Gasteiger partial charge in [-0.1, -0.05) is 23.2 Å². The predicted molar refractivity (Wildman–Crippen MR) is 67.5 cm³/mol. The highest BCUT2D eigenvalue weighted by Crippen LogP contribution is 2.32. The van der Waals surface area contributed by atoms with Crippen molar-refractivity contribution in [2.45, 2.75) is 0 Å². The average Bonchev–Trinajstić information content (AvgIpc) is 2.76. The zero-order valence-corrected chi connectivity index (χ0v) is 10.0. The number of carbonyl (C=O) groups is 1. The van der Waals surface area contributed by atoms with Gasteiger partial charge in [-0.05, 0) is 18.2 Å². The maximum Gasteiger partial charge on any atom is 0.259 e. The molecule has 2 rings (SSSR count). The Balaban J connectivity index is 2.28. The smallest absolute Gasteiger partial charge is 0.259 e. The van der Waals surface area contributed by atoms with Gasteiger partial charge in [-0.15, -0.1) is 0 Å². The van der Waals surface area contributed by atoms with Crippen molar-refractivity contribution in [3.05, 3.63) is 46.3 Å². The van der Waals surface area contributed by atoms with Gasteiger partial charge in [-0.25, -0.2) is 0 Å². The van der Waals surface area contributed by atoms with E-state index in [9.17, 15) is 4.79 Å². The summed E-state index contributed by atoms with van der Waals surface area (Å²) in [4.78, 5) is 11.7. The van der Waals surface area contributed by atoms with Crippen LogP contribution >= 0.6 is 23.2 Å². The fraction of sp³-hybridized carbons (Fsp3) is 0. The Morgan fingerprint density at radius 3 is 2.71 bits per heavy atom. The van der Waals surface area contributed by atoms with E-state index in [1.165, 1.54) is 30.7 Å². The van der Waals surface area contributed by atoms with Gasteiger partial charge in [0.1, 0.15) is 6.26 Å². The van der Waals surface area contributed by atoms with Crippen LogP contribution in [0.2, 0.25) is 10.0 Å². The van der Waals surface area contributed by atoms with Gasteiger partial charge in [0.25, 0.3) is 5.91 Å². The van der Waals surface area contributed by atoms with Crippen molar-refractivity contribution in [2.24, 2.45) is 0 Å². The summed E-state index contributed by atoms with van der Waals surface area (Å²) < 4.78 is 4.81. The number of halogens is 2. The Morgan fingerprint density at radius 1 is 1.35 bits per heavy atom. The van der Waals surface area contributed by atoms with Crippen LogP contribution in [0.4, 0.5) is 11.4 Å². The van der Waals surface area contributed by atoms with E-state index < -0.39 is 0 Å². The quantitative estimate of drug-likeness (QED) is 0.822. The van der Waals surface area contributed by atoms with E-state index in [1.54, 1.807) is 0 Å². The third-order valence-corrected chi connectivity index (χ3v) is 2.62. The molecule has 0 fully saturated rings. The lowest BCUT2D eigenvalue weighted by molar-refractivity contribution is 0.102. The minimum atomic E-state index is -0.352. The summed E-state index contributed by atoms with van der Waals surface area (Å²) >= 11 is 11.7. The van der Waals surface area contributed by atoms with Crippen molar-refractivity contribution in [1.82, 2.24) is 0 Å². The number of carbonyl (C=O) groups excluding carboxylic acids is 1. The molecule has 0 aliphatic heterocycles. The van der Waals surface area contributed by atoms with Gasteiger partial charge in [0, 0.05) is 5.02 Å². The van der Waals surface area contributed by atoms with Crippen molar-refractivity contribution in [2.75, 3.05) is 11.1 Å². The van der Waals surface area contributed by atoms with E-state index in [1.807, 2.05) is 0 Å². The fourth-order valence-corrected chi connectivity index (χ4v) is 1.86. The van der Waals surface area contributed by atoms with E-state index >= 15 is 0 Å². The molecule has 4 nitrogen and oxygen atoms in total. The summed E-state index contributed by atoms with van der Waals surface area (Å²) in [6.45, 7) is 0. The number of nitrogens with one attached hydrogen (secondary N) is 1. The van der Waals surface area contributed by atoms with Gasteiger partial charge in [0.15, 0.2) is 0 Å². The normalized spacial score (nSPS) is 10.2. The number of amides is 1. The van der Waals surface area contributed by atoms with Crippen LogP contribution in [0.1, 0.15) is 10.4 Å². The highest BCUT2D eigenvalue weighted by atomic mass is 35.5.